The molecule has 2 fully saturated rings. The Morgan fingerprint density at radius 1 is 1.20 bits per heavy atom. The highest BCUT2D eigenvalue weighted by Crippen LogP contribution is 2.29. The molecule has 2 aromatic rings. The predicted molar refractivity (Wildman–Crippen MR) is 136 cm³/mol. The average molecular weight is 525 g/mol. The van der Waals surface area contributed by atoms with Gasteiger partial charge in [0.15, 0.2) is 10.8 Å². The number of halogens is 3. The number of benzene rings is 1. The topological polar surface area (TPSA) is 87.7 Å². The fourth-order valence-electron chi connectivity index (χ4n) is 5.30. The van der Waals surface area contributed by atoms with E-state index in [1.165, 1.54) is 10.6 Å². The molecule has 0 radical (unpaired) electrons. The number of anilines is 1. The number of nitrogens with zero attached hydrogens (tertiary/aromatic N) is 5. The van der Waals surface area contributed by atoms with Crippen LogP contribution in [-0.4, -0.2) is 70.1 Å². The molecule has 0 unspecified atom stereocenters. The lowest BCUT2D eigenvalue weighted by Crippen LogP contribution is -2.59. The van der Waals surface area contributed by atoms with Gasteiger partial charge in [-0.3, -0.25) is 24.0 Å². The number of amides is 1. The molecule has 0 spiro atoms. The van der Waals surface area contributed by atoms with E-state index in [4.69, 9.17) is 28.9 Å². The van der Waals surface area contributed by atoms with Gasteiger partial charge >= 0.3 is 0 Å². The Balaban J connectivity index is 1.40. The van der Waals surface area contributed by atoms with Gasteiger partial charge in [-0.25, -0.2) is 9.37 Å². The molecule has 35 heavy (non-hydrogen) atoms. The normalized spacial score (nSPS) is 20.4. The molecule has 3 heterocycles. The van der Waals surface area contributed by atoms with Crippen LogP contribution in [0.5, 0.6) is 0 Å². The maximum absolute atomic E-state index is 14.2. The molecule has 1 aromatic carbocycles. The lowest BCUT2D eigenvalue weighted by Gasteiger charge is -2.48. The van der Waals surface area contributed by atoms with E-state index in [2.05, 4.69) is 26.6 Å². The number of nitrogens with two attached hydrogens (primary N) is 1. The van der Waals surface area contributed by atoms with Crippen molar-refractivity contribution in [2.24, 2.45) is 12.8 Å². The van der Waals surface area contributed by atoms with Crippen LogP contribution in [0.4, 0.5) is 10.2 Å². The van der Waals surface area contributed by atoms with Crippen LogP contribution >= 0.6 is 23.2 Å². The van der Waals surface area contributed by atoms with Gasteiger partial charge in [-0.2, -0.15) is 0 Å². The molecule has 1 atom stereocenters. The van der Waals surface area contributed by atoms with Crippen LogP contribution in [0.2, 0.25) is 10.2 Å². The fourth-order valence-corrected chi connectivity index (χ4v) is 5.79. The Morgan fingerprint density at radius 3 is 2.54 bits per heavy atom. The molecule has 2 aliphatic rings. The Hall–Kier alpha value is -2.20. The van der Waals surface area contributed by atoms with E-state index in [0.29, 0.717) is 42.1 Å². The first kappa shape index (κ1) is 25.9. The van der Waals surface area contributed by atoms with Gasteiger partial charge in [0.2, 0.25) is 0 Å². The Kier molecular flexibility index (Phi) is 8.00. The van der Waals surface area contributed by atoms with Gasteiger partial charge < -0.3 is 10.6 Å². The molecule has 2 aliphatic heterocycles. The summed E-state index contributed by atoms with van der Waals surface area (Å²) in [6.45, 7) is 6.78. The number of carbonyl (C=O) groups is 1. The van der Waals surface area contributed by atoms with Crippen molar-refractivity contribution in [1.82, 2.24) is 19.4 Å². The zero-order valence-corrected chi connectivity index (χ0v) is 21.5. The molecule has 1 amide bonds. The summed E-state index contributed by atoms with van der Waals surface area (Å²) < 4.78 is 15.6. The number of rotatable bonds is 6. The minimum atomic E-state index is -0.888. The molecule has 0 bridgehead atoms. The van der Waals surface area contributed by atoms with Crippen molar-refractivity contribution in [2.75, 3.05) is 37.6 Å². The maximum atomic E-state index is 14.2. The first-order chi connectivity index (χ1) is 16.7. The molecular weight excluding hydrogens is 494 g/mol. The minimum absolute atomic E-state index is 0.104. The predicted octanol–water partition coefficient (Wildman–Crippen LogP) is 2.89. The molecule has 190 valence electrons. The van der Waals surface area contributed by atoms with E-state index < -0.39 is 11.5 Å². The fraction of sp³-hybridized carbons (Fsp3) is 0.542. The highest BCUT2D eigenvalue weighted by molar-refractivity contribution is 6.32. The molecule has 11 heteroatoms. The largest absolute Gasteiger partial charge is 0.364 e. The van der Waals surface area contributed by atoms with Crippen molar-refractivity contribution in [3.8, 4) is 0 Å². The van der Waals surface area contributed by atoms with E-state index in [1.807, 2.05) is 0 Å². The quantitative estimate of drug-likeness (QED) is 0.625. The smallest absolute Gasteiger partial charge is 0.283 e. The number of piperidine rings is 1. The summed E-state index contributed by atoms with van der Waals surface area (Å²) in [7, 11) is 1.59. The van der Waals surface area contributed by atoms with E-state index >= 15 is 0 Å². The Bertz CT molecular complexity index is 1150. The van der Waals surface area contributed by atoms with E-state index in [0.717, 1.165) is 38.9 Å². The molecule has 0 aliphatic carbocycles. The van der Waals surface area contributed by atoms with Gasteiger partial charge in [-0.1, -0.05) is 36.2 Å². The van der Waals surface area contributed by atoms with E-state index in [1.54, 1.807) is 19.2 Å². The summed E-state index contributed by atoms with van der Waals surface area (Å²) in [6.07, 6.45) is 2.98. The van der Waals surface area contributed by atoms with Crippen molar-refractivity contribution in [1.29, 1.82) is 0 Å². The number of carbonyl (C=O) groups excluding carboxylic acids is 1. The average Bonchev–Trinajstić information content (AvgIpc) is 2.83. The summed E-state index contributed by atoms with van der Waals surface area (Å²) in [5, 5.41) is 0.516. The second kappa shape index (κ2) is 10.8. The first-order valence-corrected chi connectivity index (χ1v) is 12.7. The lowest BCUT2D eigenvalue weighted by atomic mass is 9.98. The summed E-state index contributed by atoms with van der Waals surface area (Å²) in [5.41, 5.74) is 5.05. The molecule has 2 saturated heterocycles. The lowest BCUT2D eigenvalue weighted by molar-refractivity contribution is 0.0606. The van der Waals surface area contributed by atoms with Gasteiger partial charge in [-0.15, -0.1) is 0 Å². The van der Waals surface area contributed by atoms with Crippen molar-refractivity contribution in [3.05, 3.63) is 55.8 Å². The summed E-state index contributed by atoms with van der Waals surface area (Å²) in [6, 6.07) is 5.60. The molecule has 8 nitrogen and oxygen atoms in total. The molecule has 2 N–H and O–H groups in total. The SMILES string of the molecule is CC[C@H]1CN(c2c(Cl)nc(C(N)=O)c(=O)n2C)CCN1C1CCN(Cc2ccc(Cl)cc2F)CC1. The standard InChI is InChI=1S/C24H31Cl2FN6O2/c1-3-17-14-32(23-21(26)29-20(22(28)34)24(35)30(23)2)10-11-33(17)18-6-8-31(9-7-18)13-15-4-5-16(25)12-19(15)27/h4-5,12,17-18H,3,6-11,13-14H2,1-2H3,(H2,28,34)/t17-/m0/s1. The molecule has 1 aromatic heterocycles. The molecule has 4 rings (SSSR count). The van der Waals surface area contributed by atoms with Crippen LogP contribution in [0, 0.1) is 5.82 Å². The summed E-state index contributed by atoms with van der Waals surface area (Å²) in [5.74, 6) is -0.631. The van der Waals surface area contributed by atoms with Crippen LogP contribution in [-0.2, 0) is 13.6 Å². The van der Waals surface area contributed by atoms with Gasteiger partial charge in [0.1, 0.15) is 11.6 Å². The van der Waals surface area contributed by atoms with Crippen LogP contribution in [0.15, 0.2) is 23.0 Å². The Labute approximate surface area is 214 Å². The first-order valence-electron chi connectivity index (χ1n) is 11.9. The second-order valence-electron chi connectivity index (χ2n) is 9.29. The third-order valence-corrected chi connectivity index (χ3v) is 7.68. The van der Waals surface area contributed by atoms with Crippen LogP contribution < -0.4 is 16.2 Å². The van der Waals surface area contributed by atoms with Gasteiger partial charge in [-0.05, 0) is 44.5 Å². The second-order valence-corrected chi connectivity index (χ2v) is 10.1. The van der Waals surface area contributed by atoms with E-state index in [9.17, 15) is 14.0 Å². The number of piperazine rings is 1. The van der Waals surface area contributed by atoms with Crippen molar-refractivity contribution in [2.45, 2.75) is 44.8 Å². The van der Waals surface area contributed by atoms with Crippen LogP contribution in [0.3, 0.4) is 0 Å². The van der Waals surface area contributed by atoms with E-state index in [-0.39, 0.29) is 22.7 Å². The minimum Gasteiger partial charge on any atom is -0.364 e. The summed E-state index contributed by atoms with van der Waals surface area (Å²) in [4.78, 5) is 35.0. The third-order valence-electron chi connectivity index (χ3n) is 7.19. The molecule has 0 saturated carbocycles. The number of primary amides is 1. The highest BCUT2D eigenvalue weighted by atomic mass is 35.5. The molecular formula is C24H31Cl2FN6O2. The number of likely N-dealkylation sites (tertiary alicyclic amines) is 1. The van der Waals surface area contributed by atoms with Crippen LogP contribution in [0.1, 0.15) is 42.2 Å². The zero-order chi connectivity index (χ0) is 25.3. The van der Waals surface area contributed by atoms with Gasteiger partial charge in [0.05, 0.1) is 0 Å². The van der Waals surface area contributed by atoms with Crippen molar-refractivity contribution < 1.29 is 9.18 Å². The summed E-state index contributed by atoms with van der Waals surface area (Å²) >= 11 is 12.3. The highest BCUT2D eigenvalue weighted by Gasteiger charge is 2.35. The van der Waals surface area contributed by atoms with Gasteiger partial charge in [0, 0.05) is 55.9 Å². The maximum Gasteiger partial charge on any atom is 0.283 e. The Morgan fingerprint density at radius 2 is 1.91 bits per heavy atom. The number of aromatic nitrogens is 2. The van der Waals surface area contributed by atoms with Crippen molar-refractivity contribution in [3.63, 3.8) is 0 Å². The third kappa shape index (κ3) is 5.48. The van der Waals surface area contributed by atoms with Gasteiger partial charge in [0.25, 0.3) is 11.5 Å². The van der Waals surface area contributed by atoms with Crippen LogP contribution in [0.25, 0.3) is 0 Å². The number of hydrogen-bond acceptors (Lipinski definition) is 6. The number of hydrogen-bond donors (Lipinski definition) is 1. The monoisotopic (exact) mass is 524 g/mol. The van der Waals surface area contributed by atoms with Crippen molar-refractivity contribution >= 4 is 34.9 Å². The zero-order valence-electron chi connectivity index (χ0n) is 20.0.